The van der Waals surface area contributed by atoms with E-state index in [9.17, 15) is 5.11 Å². The number of aliphatic hydroxyl groups is 1. The van der Waals surface area contributed by atoms with Gasteiger partial charge < -0.3 is 14.6 Å². The number of nitrogens with zero attached hydrogens (tertiary/aromatic N) is 3. The summed E-state index contributed by atoms with van der Waals surface area (Å²) in [6.07, 6.45) is 0.283. The molecule has 0 unspecified atom stereocenters. The van der Waals surface area contributed by atoms with Crippen LogP contribution in [0.25, 0.3) is 11.3 Å². The fourth-order valence-electron chi connectivity index (χ4n) is 3.37. The molecule has 3 aromatic rings. The molecule has 6 nitrogen and oxygen atoms in total. The Hall–Kier alpha value is -2.38. The molecule has 0 aliphatic rings. The standard InChI is InChI=1S/C24H30ClN3O3/c1-4-20(29)16-28(14-15-30-3)17-22-23(18-8-6-5-7-9-18)26-27(2)24(22)31-21-12-10-19(25)11-13-21/h5-13,20,29H,4,14-17H2,1-3H3/t20-/m1/s1. The molecular formula is C24H30ClN3O3. The molecule has 31 heavy (non-hydrogen) atoms. The molecule has 0 amide bonds. The summed E-state index contributed by atoms with van der Waals surface area (Å²) in [5.74, 6) is 1.35. The van der Waals surface area contributed by atoms with Crippen molar-refractivity contribution in [1.29, 1.82) is 0 Å². The van der Waals surface area contributed by atoms with Crippen LogP contribution in [0.2, 0.25) is 5.02 Å². The van der Waals surface area contributed by atoms with Crippen molar-refractivity contribution in [1.82, 2.24) is 14.7 Å². The minimum Gasteiger partial charge on any atom is -0.439 e. The highest BCUT2D eigenvalue weighted by atomic mass is 35.5. The third-order valence-electron chi connectivity index (χ3n) is 5.10. The molecule has 0 spiro atoms. The van der Waals surface area contributed by atoms with Crippen LogP contribution in [-0.4, -0.2) is 52.7 Å². The van der Waals surface area contributed by atoms with Gasteiger partial charge in [0.05, 0.1) is 18.3 Å². The largest absolute Gasteiger partial charge is 0.439 e. The third kappa shape index (κ3) is 6.31. The average Bonchev–Trinajstić information content (AvgIpc) is 3.09. The van der Waals surface area contributed by atoms with Gasteiger partial charge in [-0.1, -0.05) is 48.9 Å². The zero-order chi connectivity index (χ0) is 22.2. The molecule has 0 bridgehead atoms. The monoisotopic (exact) mass is 443 g/mol. The van der Waals surface area contributed by atoms with Crippen molar-refractivity contribution in [2.45, 2.75) is 26.0 Å². The Balaban J connectivity index is 1.99. The minimum atomic E-state index is -0.408. The molecule has 7 heteroatoms. The Morgan fingerprint density at radius 3 is 2.48 bits per heavy atom. The molecule has 0 aliphatic carbocycles. The van der Waals surface area contributed by atoms with Gasteiger partial charge >= 0.3 is 0 Å². The van der Waals surface area contributed by atoms with Crippen molar-refractivity contribution in [3.8, 4) is 22.9 Å². The van der Waals surface area contributed by atoms with E-state index in [-0.39, 0.29) is 0 Å². The molecule has 1 heterocycles. The summed E-state index contributed by atoms with van der Waals surface area (Å²) in [5, 5.41) is 15.7. The lowest BCUT2D eigenvalue weighted by molar-refractivity contribution is 0.0827. The Morgan fingerprint density at radius 1 is 1.13 bits per heavy atom. The van der Waals surface area contributed by atoms with Gasteiger partial charge in [-0.15, -0.1) is 0 Å². The number of methoxy groups -OCH3 is 1. The van der Waals surface area contributed by atoms with Gasteiger partial charge in [0, 0.05) is 44.4 Å². The van der Waals surface area contributed by atoms with E-state index in [0.29, 0.717) is 49.3 Å². The Kier molecular flexibility index (Phi) is 8.49. The molecule has 3 rings (SSSR count). The molecule has 0 saturated carbocycles. The number of aryl methyl sites for hydroxylation is 1. The Labute approximate surface area is 189 Å². The summed E-state index contributed by atoms with van der Waals surface area (Å²) in [6, 6.07) is 17.3. The normalized spacial score (nSPS) is 12.3. The lowest BCUT2D eigenvalue weighted by atomic mass is 10.1. The molecule has 0 fully saturated rings. The van der Waals surface area contributed by atoms with E-state index >= 15 is 0 Å². The Morgan fingerprint density at radius 2 is 1.84 bits per heavy atom. The summed E-state index contributed by atoms with van der Waals surface area (Å²) in [6.45, 7) is 4.36. The Bertz CT molecular complexity index is 945. The van der Waals surface area contributed by atoms with Gasteiger partial charge in [-0.25, -0.2) is 4.68 Å². The van der Waals surface area contributed by atoms with Gasteiger partial charge in [0.2, 0.25) is 5.88 Å². The highest BCUT2D eigenvalue weighted by Gasteiger charge is 2.23. The van der Waals surface area contributed by atoms with Gasteiger partial charge in [0.1, 0.15) is 11.4 Å². The van der Waals surface area contributed by atoms with E-state index < -0.39 is 6.10 Å². The van der Waals surface area contributed by atoms with Crippen LogP contribution < -0.4 is 4.74 Å². The van der Waals surface area contributed by atoms with Crippen molar-refractivity contribution >= 4 is 11.6 Å². The van der Waals surface area contributed by atoms with E-state index in [1.165, 1.54) is 0 Å². The molecule has 2 aromatic carbocycles. The number of hydrogen-bond donors (Lipinski definition) is 1. The molecule has 1 atom stereocenters. The smallest absolute Gasteiger partial charge is 0.222 e. The van der Waals surface area contributed by atoms with Crippen molar-refractivity contribution in [2.75, 3.05) is 26.8 Å². The molecule has 1 aromatic heterocycles. The fourth-order valence-corrected chi connectivity index (χ4v) is 3.50. The van der Waals surface area contributed by atoms with E-state index in [2.05, 4.69) is 4.90 Å². The number of aromatic nitrogens is 2. The van der Waals surface area contributed by atoms with Crippen molar-refractivity contribution < 1.29 is 14.6 Å². The number of aliphatic hydroxyl groups excluding tert-OH is 1. The van der Waals surface area contributed by atoms with Gasteiger partial charge in [0.15, 0.2) is 0 Å². The highest BCUT2D eigenvalue weighted by molar-refractivity contribution is 6.30. The maximum Gasteiger partial charge on any atom is 0.222 e. The molecule has 0 radical (unpaired) electrons. The predicted molar refractivity (Wildman–Crippen MR) is 124 cm³/mol. The maximum absolute atomic E-state index is 10.3. The number of rotatable bonds is 11. The second-order valence-corrected chi connectivity index (χ2v) is 7.90. The van der Waals surface area contributed by atoms with Gasteiger partial charge in [-0.05, 0) is 30.7 Å². The zero-order valence-corrected chi connectivity index (χ0v) is 19.0. The van der Waals surface area contributed by atoms with Crippen LogP contribution in [-0.2, 0) is 18.3 Å². The number of ether oxygens (including phenoxy) is 2. The SMILES string of the molecule is CC[C@@H](O)CN(CCOC)Cc1c(-c2ccccc2)nn(C)c1Oc1ccc(Cl)cc1. The highest BCUT2D eigenvalue weighted by Crippen LogP contribution is 2.34. The van der Waals surface area contributed by atoms with E-state index in [0.717, 1.165) is 16.8 Å². The lowest BCUT2D eigenvalue weighted by Crippen LogP contribution is -2.34. The van der Waals surface area contributed by atoms with Crippen LogP contribution in [0.1, 0.15) is 18.9 Å². The lowest BCUT2D eigenvalue weighted by Gasteiger charge is -2.25. The number of benzene rings is 2. The zero-order valence-electron chi connectivity index (χ0n) is 18.3. The predicted octanol–water partition coefficient (Wildman–Crippen LogP) is 4.75. The maximum atomic E-state index is 10.3. The van der Waals surface area contributed by atoms with Gasteiger partial charge in [-0.3, -0.25) is 4.90 Å². The summed E-state index contributed by atoms with van der Waals surface area (Å²) in [7, 11) is 3.56. The topological polar surface area (TPSA) is 59.8 Å². The quantitative estimate of drug-likeness (QED) is 0.463. The first-order chi connectivity index (χ1) is 15.0. The van der Waals surface area contributed by atoms with Crippen molar-refractivity contribution in [3.05, 3.63) is 65.2 Å². The summed E-state index contributed by atoms with van der Waals surface area (Å²) in [5.41, 5.74) is 2.84. The average molecular weight is 444 g/mol. The molecular weight excluding hydrogens is 414 g/mol. The molecule has 0 aliphatic heterocycles. The summed E-state index contributed by atoms with van der Waals surface area (Å²) < 4.78 is 13.3. The summed E-state index contributed by atoms with van der Waals surface area (Å²) in [4.78, 5) is 2.18. The van der Waals surface area contributed by atoms with Crippen LogP contribution >= 0.6 is 11.6 Å². The van der Waals surface area contributed by atoms with Crippen LogP contribution in [0, 0.1) is 0 Å². The first-order valence-corrected chi connectivity index (χ1v) is 10.8. The van der Waals surface area contributed by atoms with Crippen molar-refractivity contribution in [3.63, 3.8) is 0 Å². The molecule has 1 N–H and O–H groups in total. The van der Waals surface area contributed by atoms with Crippen LogP contribution in [0.3, 0.4) is 0 Å². The first-order valence-electron chi connectivity index (χ1n) is 10.5. The van der Waals surface area contributed by atoms with Gasteiger partial charge in [-0.2, -0.15) is 5.10 Å². The van der Waals surface area contributed by atoms with Crippen LogP contribution in [0.4, 0.5) is 0 Å². The fraction of sp³-hybridized carbons (Fsp3) is 0.375. The molecule has 166 valence electrons. The van der Waals surface area contributed by atoms with Crippen LogP contribution in [0.5, 0.6) is 11.6 Å². The number of hydrogen-bond acceptors (Lipinski definition) is 5. The second kappa shape index (κ2) is 11.3. The van der Waals surface area contributed by atoms with Crippen molar-refractivity contribution in [2.24, 2.45) is 7.05 Å². The van der Waals surface area contributed by atoms with E-state index in [1.807, 2.05) is 56.4 Å². The molecule has 0 saturated heterocycles. The van der Waals surface area contributed by atoms with E-state index in [1.54, 1.807) is 23.9 Å². The minimum absolute atomic E-state index is 0.408. The summed E-state index contributed by atoms with van der Waals surface area (Å²) >= 11 is 6.03. The van der Waals surface area contributed by atoms with Crippen LogP contribution in [0.15, 0.2) is 54.6 Å². The first kappa shape index (κ1) is 23.3. The van der Waals surface area contributed by atoms with Gasteiger partial charge in [0.25, 0.3) is 0 Å². The van der Waals surface area contributed by atoms with E-state index in [4.69, 9.17) is 26.2 Å². The second-order valence-electron chi connectivity index (χ2n) is 7.47. The third-order valence-corrected chi connectivity index (χ3v) is 5.35. The number of halogens is 1.